The molecule has 96 valence electrons. The monoisotopic (exact) mass is 271 g/mol. The standard InChI is InChI=1S/C16H14FNS/c1-12-2-4-13(5-3-12)10-16(11-18)19-15-8-6-14(17)7-9-15/h2-9,16H,10H2,1H3. The zero-order chi connectivity index (χ0) is 13.7. The molecule has 0 heterocycles. The Bertz CT molecular complexity index is 522. The van der Waals surface area contributed by atoms with Crippen LogP contribution >= 0.6 is 11.8 Å². The molecule has 2 aromatic rings. The highest BCUT2D eigenvalue weighted by molar-refractivity contribution is 8.00. The first-order valence-electron chi connectivity index (χ1n) is 6.05. The van der Waals surface area contributed by atoms with E-state index < -0.39 is 0 Å². The summed E-state index contributed by atoms with van der Waals surface area (Å²) in [6.45, 7) is 2.04. The van der Waals surface area contributed by atoms with Crippen molar-refractivity contribution in [1.82, 2.24) is 0 Å². The lowest BCUT2D eigenvalue weighted by molar-refractivity contribution is 0.626. The Morgan fingerprint density at radius 2 is 1.74 bits per heavy atom. The molecule has 2 rings (SSSR count). The topological polar surface area (TPSA) is 23.8 Å². The maximum Gasteiger partial charge on any atom is 0.123 e. The number of thioether (sulfide) groups is 1. The van der Waals surface area contributed by atoms with Gasteiger partial charge in [-0.1, -0.05) is 29.8 Å². The fourth-order valence-electron chi connectivity index (χ4n) is 1.73. The Morgan fingerprint density at radius 1 is 1.11 bits per heavy atom. The van der Waals surface area contributed by atoms with Crippen LogP contribution < -0.4 is 0 Å². The van der Waals surface area contributed by atoms with E-state index in [0.717, 1.165) is 10.5 Å². The first kappa shape index (κ1) is 13.6. The number of benzene rings is 2. The minimum atomic E-state index is -0.253. The van der Waals surface area contributed by atoms with Gasteiger partial charge in [-0.3, -0.25) is 0 Å². The molecule has 19 heavy (non-hydrogen) atoms. The molecule has 3 heteroatoms. The fourth-order valence-corrected chi connectivity index (χ4v) is 2.68. The van der Waals surface area contributed by atoms with Crippen LogP contribution in [0.25, 0.3) is 0 Å². The van der Waals surface area contributed by atoms with E-state index in [-0.39, 0.29) is 11.1 Å². The molecular formula is C16H14FNS. The molecule has 0 spiro atoms. The quantitative estimate of drug-likeness (QED) is 0.771. The molecule has 0 radical (unpaired) electrons. The van der Waals surface area contributed by atoms with Crippen molar-refractivity contribution in [3.63, 3.8) is 0 Å². The van der Waals surface area contributed by atoms with Gasteiger partial charge in [0.1, 0.15) is 11.1 Å². The van der Waals surface area contributed by atoms with Gasteiger partial charge in [-0.05, 0) is 43.2 Å². The molecule has 0 aliphatic rings. The van der Waals surface area contributed by atoms with Gasteiger partial charge in [-0.25, -0.2) is 4.39 Å². The summed E-state index contributed by atoms with van der Waals surface area (Å²) in [5.74, 6) is -0.253. The summed E-state index contributed by atoms with van der Waals surface area (Å²) >= 11 is 1.47. The summed E-state index contributed by atoms with van der Waals surface area (Å²) in [7, 11) is 0. The van der Waals surface area contributed by atoms with Gasteiger partial charge in [0.25, 0.3) is 0 Å². The molecule has 0 fully saturated rings. The second kappa shape index (κ2) is 6.40. The van der Waals surface area contributed by atoms with Crippen molar-refractivity contribution in [2.75, 3.05) is 0 Å². The number of aryl methyl sites for hydroxylation is 1. The maximum absolute atomic E-state index is 12.8. The summed E-state index contributed by atoms with van der Waals surface area (Å²) < 4.78 is 12.8. The van der Waals surface area contributed by atoms with Crippen LogP contribution in [0.4, 0.5) is 4.39 Å². The Hall–Kier alpha value is -1.79. The van der Waals surface area contributed by atoms with Crippen molar-refractivity contribution in [2.45, 2.75) is 23.5 Å². The Labute approximate surface area is 117 Å². The molecule has 0 aromatic heterocycles. The Balaban J connectivity index is 2.03. The van der Waals surface area contributed by atoms with Crippen LogP contribution in [0.2, 0.25) is 0 Å². The molecule has 0 amide bonds. The van der Waals surface area contributed by atoms with E-state index in [0.29, 0.717) is 6.42 Å². The van der Waals surface area contributed by atoms with Crippen molar-refractivity contribution in [2.24, 2.45) is 0 Å². The van der Waals surface area contributed by atoms with E-state index >= 15 is 0 Å². The van der Waals surface area contributed by atoms with E-state index in [9.17, 15) is 9.65 Å². The van der Waals surface area contributed by atoms with E-state index in [2.05, 4.69) is 6.07 Å². The third-order valence-electron chi connectivity index (χ3n) is 2.78. The van der Waals surface area contributed by atoms with E-state index in [1.54, 1.807) is 12.1 Å². The molecule has 0 aliphatic heterocycles. The van der Waals surface area contributed by atoms with Crippen LogP contribution in [-0.2, 0) is 6.42 Å². The van der Waals surface area contributed by atoms with Crippen molar-refractivity contribution < 1.29 is 4.39 Å². The molecule has 1 atom stereocenters. The molecular weight excluding hydrogens is 257 g/mol. The molecule has 0 aliphatic carbocycles. The number of nitrogens with zero attached hydrogens (tertiary/aromatic N) is 1. The van der Waals surface area contributed by atoms with Gasteiger partial charge in [-0.15, -0.1) is 11.8 Å². The van der Waals surface area contributed by atoms with Crippen LogP contribution in [-0.4, -0.2) is 5.25 Å². The predicted octanol–water partition coefficient (Wildman–Crippen LogP) is 4.36. The van der Waals surface area contributed by atoms with E-state index in [1.165, 1.54) is 29.5 Å². The predicted molar refractivity (Wildman–Crippen MR) is 76.5 cm³/mol. The lowest BCUT2D eigenvalue weighted by Crippen LogP contribution is -2.03. The van der Waals surface area contributed by atoms with Crippen molar-refractivity contribution >= 4 is 11.8 Å². The molecule has 0 saturated carbocycles. The van der Waals surface area contributed by atoms with Crippen molar-refractivity contribution in [3.05, 3.63) is 65.5 Å². The lowest BCUT2D eigenvalue weighted by Gasteiger charge is -2.09. The molecule has 0 saturated heterocycles. The molecule has 1 nitrogen and oxygen atoms in total. The molecule has 1 unspecified atom stereocenters. The van der Waals surface area contributed by atoms with Crippen LogP contribution in [0.5, 0.6) is 0 Å². The number of nitriles is 1. The summed E-state index contributed by atoms with van der Waals surface area (Å²) in [4.78, 5) is 0.917. The van der Waals surface area contributed by atoms with Crippen LogP contribution in [0.3, 0.4) is 0 Å². The number of hydrogen-bond donors (Lipinski definition) is 0. The van der Waals surface area contributed by atoms with Gasteiger partial charge in [0, 0.05) is 4.90 Å². The zero-order valence-electron chi connectivity index (χ0n) is 10.6. The van der Waals surface area contributed by atoms with E-state index in [1.807, 2.05) is 31.2 Å². The van der Waals surface area contributed by atoms with Crippen LogP contribution in [0, 0.1) is 24.1 Å². The summed E-state index contributed by atoms with van der Waals surface area (Å²) in [6, 6.07) is 16.7. The zero-order valence-corrected chi connectivity index (χ0v) is 11.5. The van der Waals surface area contributed by atoms with Gasteiger partial charge in [0.2, 0.25) is 0 Å². The lowest BCUT2D eigenvalue weighted by atomic mass is 10.1. The number of rotatable bonds is 4. The average Bonchev–Trinajstić information content (AvgIpc) is 2.43. The van der Waals surface area contributed by atoms with Gasteiger partial charge >= 0.3 is 0 Å². The maximum atomic E-state index is 12.8. The average molecular weight is 271 g/mol. The van der Waals surface area contributed by atoms with Crippen molar-refractivity contribution in [1.29, 1.82) is 5.26 Å². The summed E-state index contributed by atoms with van der Waals surface area (Å²) in [6.07, 6.45) is 0.693. The van der Waals surface area contributed by atoms with Crippen LogP contribution in [0.15, 0.2) is 53.4 Å². The first-order valence-corrected chi connectivity index (χ1v) is 6.93. The minimum Gasteiger partial charge on any atom is -0.207 e. The Morgan fingerprint density at radius 3 is 2.32 bits per heavy atom. The highest BCUT2D eigenvalue weighted by Crippen LogP contribution is 2.25. The van der Waals surface area contributed by atoms with Gasteiger partial charge < -0.3 is 0 Å². The van der Waals surface area contributed by atoms with Gasteiger partial charge in [-0.2, -0.15) is 5.26 Å². The third kappa shape index (κ3) is 4.11. The van der Waals surface area contributed by atoms with Gasteiger partial charge in [0.05, 0.1) is 6.07 Å². The third-order valence-corrected chi connectivity index (χ3v) is 3.88. The molecule has 0 bridgehead atoms. The smallest absolute Gasteiger partial charge is 0.123 e. The molecule has 0 N–H and O–H groups in total. The number of halogens is 1. The minimum absolute atomic E-state index is 0.159. The fraction of sp³-hybridized carbons (Fsp3) is 0.188. The second-order valence-electron chi connectivity index (χ2n) is 4.38. The molecule has 2 aromatic carbocycles. The second-order valence-corrected chi connectivity index (χ2v) is 5.66. The summed E-state index contributed by atoms with van der Waals surface area (Å²) in [5.41, 5.74) is 2.36. The van der Waals surface area contributed by atoms with E-state index in [4.69, 9.17) is 0 Å². The highest BCUT2D eigenvalue weighted by atomic mass is 32.2. The van der Waals surface area contributed by atoms with Gasteiger partial charge in [0.15, 0.2) is 0 Å². The summed E-state index contributed by atoms with van der Waals surface area (Å²) in [5, 5.41) is 9.05. The van der Waals surface area contributed by atoms with Crippen molar-refractivity contribution in [3.8, 4) is 6.07 Å². The largest absolute Gasteiger partial charge is 0.207 e. The first-order chi connectivity index (χ1) is 9.17. The SMILES string of the molecule is Cc1ccc(CC(C#N)Sc2ccc(F)cc2)cc1. The number of hydrogen-bond acceptors (Lipinski definition) is 2. The highest BCUT2D eigenvalue weighted by Gasteiger charge is 2.10. The Kier molecular flexibility index (Phi) is 4.59. The van der Waals surface area contributed by atoms with Crippen LogP contribution in [0.1, 0.15) is 11.1 Å². The normalized spacial score (nSPS) is 11.8.